The Morgan fingerprint density at radius 3 is 1.77 bits per heavy atom. The summed E-state index contributed by atoms with van der Waals surface area (Å²) < 4.78 is 85.3. The lowest BCUT2D eigenvalue weighted by Gasteiger charge is -2.71. The number of nitrogens with one attached hydrogen (secondary N) is 1. The van der Waals surface area contributed by atoms with E-state index in [1.807, 2.05) is 6.92 Å². The van der Waals surface area contributed by atoms with Crippen LogP contribution in [0.1, 0.15) is 177 Å². The van der Waals surface area contributed by atoms with Gasteiger partial charge in [0, 0.05) is 6.42 Å². The molecule has 7 aliphatic heterocycles. The second-order valence-electron chi connectivity index (χ2n) is 37.0. The minimum atomic E-state index is -2.11. The Kier molecular flexibility index (Phi) is 29.5. The molecule has 19 N–H and O–H groups in total. The number of amides is 1. The second kappa shape index (κ2) is 37.1. The molecule has 0 aromatic rings. The summed E-state index contributed by atoms with van der Waals surface area (Å²) in [6.45, 7) is 11.5. The lowest BCUT2D eigenvalue weighted by Crippen LogP contribution is -2.70. The van der Waals surface area contributed by atoms with Crippen LogP contribution >= 0.6 is 0 Å². The van der Waals surface area contributed by atoms with Gasteiger partial charge in [-0.25, -0.2) is 0 Å². The highest BCUT2D eigenvalue weighted by molar-refractivity contribution is 5.80. The van der Waals surface area contributed by atoms with Gasteiger partial charge in [-0.1, -0.05) is 111 Å². The number of hydrogen-bond donors (Lipinski definition) is 19. The number of carbonyl (C=O) groups is 3. The number of allylic oxidation sites excluding steroid dienone is 2. The second-order valence-corrected chi connectivity index (χ2v) is 37.0. The molecule has 40 atom stereocenters. The number of aliphatic hydroxyl groups excluding tert-OH is 17. The number of aldehydes is 1. The molecule has 1 amide bonds. The molecule has 36 nitrogen and oxygen atoms in total. The number of hydrogen-bond acceptors (Lipinski definition) is 35. The Labute approximate surface area is 675 Å². The summed E-state index contributed by atoms with van der Waals surface area (Å²) in [5.74, 6) is -2.69. The van der Waals surface area contributed by atoms with Crippen LogP contribution in [0.3, 0.4) is 0 Å². The van der Waals surface area contributed by atoms with Crippen LogP contribution in [0.5, 0.6) is 0 Å². The summed E-state index contributed by atoms with van der Waals surface area (Å²) in [4.78, 5) is 44.4. The molecule has 0 radical (unpaired) electrons. The Balaban J connectivity index is 0.790. The zero-order chi connectivity index (χ0) is 84.3. The largest absolute Gasteiger partial charge is 0.432 e. The Hall–Kier alpha value is -2.89. The molecular formula is C80H131NO35. The van der Waals surface area contributed by atoms with E-state index in [0.29, 0.717) is 44.9 Å². The van der Waals surface area contributed by atoms with E-state index in [0.717, 1.165) is 56.8 Å². The van der Waals surface area contributed by atoms with E-state index in [9.17, 15) is 102 Å². The molecule has 17 unspecified atom stereocenters. The predicted octanol–water partition coefficient (Wildman–Crippen LogP) is -2.78. The first-order valence-corrected chi connectivity index (χ1v) is 42.0. The maximum Gasteiger partial charge on any atom is 0.317 e. The van der Waals surface area contributed by atoms with Crippen molar-refractivity contribution < 1.29 is 173 Å². The standard InChI is InChI=1S/C80H131NO35/c1-9-10-11-12-13-14-15-16-17-18-49(90)81-50-43(29-82)108-71(63(53(50)93)114-68-58(98)55(95)60(37(2)107-68)111-67-59(99)61(41(87)32-104-67)112-72-65(100)79(102,35-85)36-106-72)116-73(101)80-26-25-74(3,4)27-39(80)38-19-20-46-75(5)23-22-48(76(6,34-84)45(75)21-24-77(46,7)78(38,8)28-47(80)89)110-70-64(115-69-57(97)54(94)52(92)44(30-83)109-69)62(42(88)33-105-70)113-66-56(96)51(91)40(86)31-103-66/h19,34,37,39-48,50-72,82-83,85-89,91-100,102H,9-18,20-33,35-36H2,1-8H3,(H,81,90)/t37?,39?,40-,41-,42-,43?,44?,45-,46?,47?,48+,50+,51+,52+,53?,54+,55?,56?,57?,58?,59?,60+,61?,62+,63?,64?,65-,66+,67+,68+,69+,70+,71+,72+,75?,76-,77+,78-,79?,80-/m1/s1. The summed E-state index contributed by atoms with van der Waals surface area (Å²) in [5.41, 5.74) is -6.70. The van der Waals surface area contributed by atoms with Gasteiger partial charge in [0.15, 0.2) is 43.8 Å². The molecule has 0 spiro atoms. The highest BCUT2D eigenvalue weighted by Gasteiger charge is 2.73. The molecule has 666 valence electrons. The summed E-state index contributed by atoms with van der Waals surface area (Å²) in [5, 5.41) is 204. The first kappa shape index (κ1) is 92.3. The van der Waals surface area contributed by atoms with Gasteiger partial charge in [-0.3, -0.25) is 9.59 Å². The normalized spacial score (nSPS) is 50.2. The van der Waals surface area contributed by atoms with E-state index in [2.05, 4.69) is 52.9 Å². The molecule has 7 saturated heterocycles. The van der Waals surface area contributed by atoms with Crippen LogP contribution in [-0.2, 0) is 80.7 Å². The lowest BCUT2D eigenvalue weighted by molar-refractivity contribution is -0.384. The van der Waals surface area contributed by atoms with Crippen LogP contribution in [0.25, 0.3) is 0 Å². The summed E-state index contributed by atoms with van der Waals surface area (Å²) in [6, 6.07) is -1.44. The fraction of sp³-hybridized carbons (Fsp3) is 0.938. The molecule has 12 aliphatic rings. The van der Waals surface area contributed by atoms with Crippen LogP contribution in [-0.4, -0.2) is 352 Å². The van der Waals surface area contributed by atoms with Gasteiger partial charge in [-0.2, -0.15) is 0 Å². The van der Waals surface area contributed by atoms with Crippen LogP contribution in [0.2, 0.25) is 0 Å². The first-order chi connectivity index (χ1) is 54.8. The number of carbonyl (C=O) groups excluding carboxylic acids is 3. The number of unbranched alkanes of at least 4 members (excludes halogenated alkanes) is 8. The van der Waals surface area contributed by atoms with Gasteiger partial charge in [0.05, 0.1) is 76.0 Å². The summed E-state index contributed by atoms with van der Waals surface area (Å²) in [7, 11) is 0. The average Bonchev–Trinajstić information content (AvgIpc) is 0.766. The molecule has 0 bridgehead atoms. The molecule has 0 aromatic heterocycles. The van der Waals surface area contributed by atoms with Gasteiger partial charge in [0.1, 0.15) is 133 Å². The predicted molar refractivity (Wildman–Crippen MR) is 395 cm³/mol. The molecule has 5 aliphatic carbocycles. The first-order valence-electron chi connectivity index (χ1n) is 42.0. The van der Waals surface area contributed by atoms with Crippen LogP contribution in [0.4, 0.5) is 0 Å². The van der Waals surface area contributed by atoms with Crippen molar-refractivity contribution in [1.82, 2.24) is 5.32 Å². The fourth-order valence-electron chi connectivity index (χ4n) is 21.8. The SMILES string of the molecule is CCCCCCCCCCCC(=O)N[C@H]1C(CO)O[C@@H](OC(=O)[C@]23CCC(C)(C)CC2C2=CCC4C5(C)CC[C@H](O[C@@H]6OC[C@@H](O)[C@H](O[C@@H]7OC[C@@H](O)[C@H](O)C7O)C6O[C@@H]6OC(CO)[C@H](O)[C@H](O)C6O)[C@](C)(C=O)[C@@H]5CC[C@]4(C)[C@]2(C)CC3O)C(O[C@@H]2OC(C)[C@H](O[C@@H]3OC[C@@H](O)C(O[C@@H]4OCC(O)(CO)[C@@H]4O)C3O)C(O)C2O)C1O. The van der Waals surface area contributed by atoms with Crippen molar-refractivity contribution in [3.8, 4) is 0 Å². The molecule has 11 fully saturated rings. The van der Waals surface area contributed by atoms with E-state index in [-0.39, 0.29) is 31.6 Å². The average molecular weight is 1670 g/mol. The van der Waals surface area contributed by atoms with Gasteiger partial charge >= 0.3 is 5.97 Å². The maximum atomic E-state index is 16.2. The highest BCUT2D eigenvalue weighted by atomic mass is 16.8. The topological polar surface area (TPSA) is 557 Å². The van der Waals surface area contributed by atoms with Crippen LogP contribution < -0.4 is 5.32 Å². The monoisotopic (exact) mass is 1670 g/mol. The summed E-state index contributed by atoms with van der Waals surface area (Å²) >= 11 is 0. The third kappa shape index (κ3) is 17.4. The number of fused-ring (bicyclic) bond motifs is 7. The van der Waals surface area contributed by atoms with E-state index in [1.54, 1.807) is 0 Å². The molecule has 7 heterocycles. The van der Waals surface area contributed by atoms with Crippen molar-refractivity contribution in [2.75, 3.05) is 46.2 Å². The zero-order valence-electron chi connectivity index (χ0n) is 67.7. The number of ether oxygens (including phenoxy) is 14. The van der Waals surface area contributed by atoms with E-state index in [4.69, 9.17) is 66.3 Å². The molecule has 0 aromatic carbocycles. The number of rotatable bonds is 29. The van der Waals surface area contributed by atoms with Crippen molar-refractivity contribution in [3.05, 3.63) is 11.6 Å². The number of aliphatic hydroxyl groups is 18. The van der Waals surface area contributed by atoms with Gasteiger partial charge in [-0.05, 0) is 111 Å². The van der Waals surface area contributed by atoms with Crippen molar-refractivity contribution >= 4 is 18.2 Å². The summed E-state index contributed by atoms with van der Waals surface area (Å²) in [6.07, 6.45) is -35.7. The van der Waals surface area contributed by atoms with Crippen LogP contribution in [0.15, 0.2) is 11.6 Å². The third-order valence-corrected chi connectivity index (χ3v) is 29.1. The molecular weight excluding hydrogens is 1530 g/mol. The number of esters is 1. The molecule has 36 heteroatoms. The Morgan fingerprint density at radius 2 is 1.11 bits per heavy atom. The Bertz CT molecular complexity index is 3290. The minimum Gasteiger partial charge on any atom is -0.432 e. The van der Waals surface area contributed by atoms with Crippen molar-refractivity contribution in [2.24, 2.45) is 50.2 Å². The van der Waals surface area contributed by atoms with E-state index >= 15 is 4.79 Å². The molecule has 116 heavy (non-hydrogen) atoms. The van der Waals surface area contributed by atoms with Gasteiger partial charge in [0.2, 0.25) is 12.2 Å². The zero-order valence-corrected chi connectivity index (χ0v) is 67.7. The van der Waals surface area contributed by atoms with Crippen LogP contribution in [0, 0.1) is 50.2 Å². The van der Waals surface area contributed by atoms with Crippen molar-refractivity contribution in [1.29, 1.82) is 0 Å². The smallest absolute Gasteiger partial charge is 0.317 e. The molecule has 12 rings (SSSR count). The molecule has 4 saturated carbocycles. The highest BCUT2D eigenvalue weighted by Crippen LogP contribution is 2.76. The maximum absolute atomic E-state index is 16.2. The third-order valence-electron chi connectivity index (χ3n) is 29.1. The van der Waals surface area contributed by atoms with Gasteiger partial charge in [-0.15, -0.1) is 0 Å². The van der Waals surface area contributed by atoms with E-state index < -0.39 is 299 Å². The van der Waals surface area contributed by atoms with Gasteiger partial charge < -0.3 is 168 Å². The quantitative estimate of drug-likeness (QED) is 0.0118. The Morgan fingerprint density at radius 1 is 0.534 bits per heavy atom. The fourth-order valence-corrected chi connectivity index (χ4v) is 21.8. The van der Waals surface area contributed by atoms with Crippen molar-refractivity contribution in [3.63, 3.8) is 0 Å². The lowest BCUT2D eigenvalue weighted by atomic mass is 9.33. The van der Waals surface area contributed by atoms with Crippen molar-refractivity contribution in [2.45, 2.75) is 373 Å². The van der Waals surface area contributed by atoms with E-state index in [1.165, 1.54) is 13.3 Å². The van der Waals surface area contributed by atoms with Gasteiger partial charge in [0.25, 0.3) is 0 Å². The minimum absolute atomic E-state index is 0.0398.